The second-order valence-corrected chi connectivity index (χ2v) is 6.11. The van der Waals surface area contributed by atoms with E-state index in [0.717, 1.165) is 37.1 Å². The van der Waals surface area contributed by atoms with E-state index in [2.05, 4.69) is 17.4 Å². The number of amides is 1. The molecule has 3 rings (SSSR count). The zero-order chi connectivity index (χ0) is 16.1. The molecule has 1 aliphatic heterocycles. The number of carbonyl (C=O) groups excluding carboxylic acids is 1. The highest BCUT2D eigenvalue weighted by atomic mass is 32.1. The van der Waals surface area contributed by atoms with Crippen molar-refractivity contribution in [3.8, 4) is 0 Å². The number of para-hydroxylation sites is 1. The zero-order valence-corrected chi connectivity index (χ0v) is 13.8. The molecular weight excluding hydrogens is 304 g/mol. The minimum atomic E-state index is -0.0260. The van der Waals surface area contributed by atoms with E-state index < -0.39 is 0 Å². The van der Waals surface area contributed by atoms with Crippen molar-refractivity contribution in [1.82, 2.24) is 5.32 Å². The van der Waals surface area contributed by atoms with Gasteiger partial charge < -0.3 is 10.2 Å². The van der Waals surface area contributed by atoms with Gasteiger partial charge in [-0.25, -0.2) is 0 Å². The Balaban J connectivity index is 1.58. The van der Waals surface area contributed by atoms with Crippen LogP contribution in [0.1, 0.15) is 24.0 Å². The molecule has 2 aromatic carbocycles. The van der Waals surface area contributed by atoms with Gasteiger partial charge in [-0.2, -0.15) is 0 Å². The lowest BCUT2D eigenvalue weighted by molar-refractivity contribution is -0.119. The van der Waals surface area contributed by atoms with E-state index in [1.807, 2.05) is 47.4 Å². The van der Waals surface area contributed by atoms with Crippen LogP contribution in [0.2, 0.25) is 0 Å². The number of benzene rings is 2. The number of fused-ring (bicyclic) bond motifs is 1. The minimum Gasteiger partial charge on any atom is -0.318 e. The van der Waals surface area contributed by atoms with Crippen LogP contribution in [0.4, 0.5) is 5.69 Å². The summed E-state index contributed by atoms with van der Waals surface area (Å²) in [6.07, 6.45) is 3.29. The molecule has 2 aromatic rings. The Morgan fingerprint density at radius 1 is 1.09 bits per heavy atom. The molecule has 23 heavy (non-hydrogen) atoms. The normalized spacial score (nSPS) is 13.3. The molecule has 0 aromatic heterocycles. The van der Waals surface area contributed by atoms with E-state index in [4.69, 9.17) is 12.2 Å². The predicted octanol–water partition coefficient (Wildman–Crippen LogP) is 3.47. The van der Waals surface area contributed by atoms with Crippen LogP contribution in [0, 0.1) is 0 Å². The Kier molecular flexibility index (Phi) is 5.03. The molecule has 1 heterocycles. The third kappa shape index (κ3) is 3.96. The van der Waals surface area contributed by atoms with E-state index in [1.54, 1.807) is 0 Å². The van der Waals surface area contributed by atoms with Gasteiger partial charge in [0, 0.05) is 18.7 Å². The summed E-state index contributed by atoms with van der Waals surface area (Å²) < 4.78 is 0. The van der Waals surface area contributed by atoms with Gasteiger partial charge in [0.1, 0.15) is 0 Å². The average molecular weight is 324 g/mol. The summed E-state index contributed by atoms with van der Waals surface area (Å²) in [5.74, 6) is -0.0260. The van der Waals surface area contributed by atoms with Crippen LogP contribution in [0.15, 0.2) is 54.6 Å². The zero-order valence-electron chi connectivity index (χ0n) is 13.0. The van der Waals surface area contributed by atoms with Crippen LogP contribution in [0.25, 0.3) is 0 Å². The molecule has 0 saturated carbocycles. The molecule has 0 saturated heterocycles. The fraction of sp³-hybridized carbons (Fsp3) is 0.263. The van der Waals surface area contributed by atoms with Crippen LogP contribution in [-0.2, 0) is 17.6 Å². The molecule has 0 unspecified atom stereocenters. The van der Waals surface area contributed by atoms with Gasteiger partial charge in [-0.1, -0.05) is 48.5 Å². The van der Waals surface area contributed by atoms with E-state index in [0.29, 0.717) is 11.5 Å². The lowest BCUT2D eigenvalue weighted by atomic mass is 10.0. The summed E-state index contributed by atoms with van der Waals surface area (Å²) in [6.45, 7) is 0.856. The number of hydrogen-bond acceptors (Lipinski definition) is 2. The third-order valence-corrected chi connectivity index (χ3v) is 4.41. The van der Waals surface area contributed by atoms with Crippen molar-refractivity contribution in [3.63, 3.8) is 0 Å². The van der Waals surface area contributed by atoms with Gasteiger partial charge in [0.25, 0.3) is 0 Å². The first-order chi connectivity index (χ1) is 11.2. The molecular formula is C19H20N2OS. The van der Waals surface area contributed by atoms with Gasteiger partial charge in [-0.15, -0.1) is 0 Å². The second-order valence-electron chi connectivity index (χ2n) is 5.72. The molecule has 118 valence electrons. The quantitative estimate of drug-likeness (QED) is 0.878. The number of nitrogens with zero attached hydrogens (tertiary/aromatic N) is 1. The van der Waals surface area contributed by atoms with Gasteiger partial charge in [0.15, 0.2) is 5.11 Å². The van der Waals surface area contributed by atoms with Gasteiger partial charge >= 0.3 is 0 Å². The Hall–Kier alpha value is -2.20. The van der Waals surface area contributed by atoms with Crippen molar-refractivity contribution in [3.05, 3.63) is 65.7 Å². The van der Waals surface area contributed by atoms with Gasteiger partial charge in [0.05, 0.1) is 0 Å². The van der Waals surface area contributed by atoms with Gasteiger partial charge in [-0.05, 0) is 48.7 Å². The molecule has 3 nitrogen and oxygen atoms in total. The predicted molar refractivity (Wildman–Crippen MR) is 97.6 cm³/mol. The van der Waals surface area contributed by atoms with Crippen LogP contribution in [0.5, 0.6) is 0 Å². The number of aryl methyl sites for hydroxylation is 2. The van der Waals surface area contributed by atoms with Crippen LogP contribution in [0.3, 0.4) is 0 Å². The molecule has 1 aliphatic rings. The highest BCUT2D eigenvalue weighted by molar-refractivity contribution is 7.80. The first-order valence-electron chi connectivity index (χ1n) is 7.97. The topological polar surface area (TPSA) is 32.3 Å². The smallest absolute Gasteiger partial charge is 0.226 e. The van der Waals surface area contributed by atoms with E-state index in [-0.39, 0.29) is 5.91 Å². The molecule has 4 heteroatoms. The summed E-state index contributed by atoms with van der Waals surface area (Å²) in [7, 11) is 0. The Morgan fingerprint density at radius 3 is 2.65 bits per heavy atom. The Labute approximate surface area is 142 Å². The summed E-state index contributed by atoms with van der Waals surface area (Å²) in [4.78, 5) is 14.2. The number of rotatable bonds is 3. The fourth-order valence-electron chi connectivity index (χ4n) is 2.90. The van der Waals surface area contributed by atoms with E-state index in [9.17, 15) is 4.79 Å². The third-order valence-electron chi connectivity index (χ3n) is 4.09. The minimum absolute atomic E-state index is 0.0260. The monoisotopic (exact) mass is 324 g/mol. The number of hydrogen-bond donors (Lipinski definition) is 1. The maximum absolute atomic E-state index is 12.2. The molecule has 0 spiro atoms. The molecule has 0 fully saturated rings. The van der Waals surface area contributed by atoms with Crippen molar-refractivity contribution < 1.29 is 4.79 Å². The maximum atomic E-state index is 12.2. The average Bonchev–Trinajstić information content (AvgIpc) is 2.60. The van der Waals surface area contributed by atoms with Gasteiger partial charge in [0.2, 0.25) is 5.91 Å². The van der Waals surface area contributed by atoms with E-state index in [1.165, 1.54) is 5.56 Å². The van der Waals surface area contributed by atoms with Crippen molar-refractivity contribution in [2.24, 2.45) is 0 Å². The van der Waals surface area contributed by atoms with Crippen molar-refractivity contribution in [2.75, 3.05) is 11.4 Å². The summed E-state index contributed by atoms with van der Waals surface area (Å²) in [5.41, 5.74) is 3.57. The highest BCUT2D eigenvalue weighted by Gasteiger charge is 2.20. The van der Waals surface area contributed by atoms with Crippen LogP contribution < -0.4 is 10.2 Å². The largest absolute Gasteiger partial charge is 0.318 e. The lowest BCUT2D eigenvalue weighted by Gasteiger charge is -2.31. The first kappa shape index (κ1) is 15.7. The molecule has 0 atom stereocenters. The number of anilines is 1. The standard InChI is InChI=1S/C19H20N2OS/c22-18(13-12-15-7-2-1-3-8-15)20-19(23)21-14-6-10-16-9-4-5-11-17(16)21/h1-5,7-9,11H,6,10,12-14H2,(H,20,22,23). The first-order valence-corrected chi connectivity index (χ1v) is 8.38. The second kappa shape index (κ2) is 7.38. The molecule has 1 N–H and O–H groups in total. The van der Waals surface area contributed by atoms with Gasteiger partial charge in [-0.3, -0.25) is 4.79 Å². The lowest BCUT2D eigenvalue weighted by Crippen LogP contribution is -2.45. The van der Waals surface area contributed by atoms with Crippen molar-refractivity contribution in [2.45, 2.75) is 25.7 Å². The molecule has 0 aliphatic carbocycles. The fourth-order valence-corrected chi connectivity index (χ4v) is 3.20. The number of carbonyl (C=O) groups is 1. The highest BCUT2D eigenvalue weighted by Crippen LogP contribution is 2.26. The number of nitrogens with one attached hydrogen (secondary N) is 1. The van der Waals surface area contributed by atoms with E-state index >= 15 is 0 Å². The Bertz CT molecular complexity index is 700. The Morgan fingerprint density at radius 2 is 1.83 bits per heavy atom. The summed E-state index contributed by atoms with van der Waals surface area (Å²) >= 11 is 5.45. The summed E-state index contributed by atoms with van der Waals surface area (Å²) in [5, 5.41) is 3.39. The SMILES string of the molecule is O=C(CCc1ccccc1)NC(=S)N1CCCc2ccccc21. The van der Waals surface area contributed by atoms with Crippen LogP contribution in [-0.4, -0.2) is 17.6 Å². The molecule has 1 amide bonds. The maximum Gasteiger partial charge on any atom is 0.226 e. The van der Waals surface area contributed by atoms with Crippen molar-refractivity contribution >= 4 is 28.9 Å². The summed E-state index contributed by atoms with van der Waals surface area (Å²) in [6, 6.07) is 18.3. The molecule has 0 bridgehead atoms. The molecule has 0 radical (unpaired) electrons. The van der Waals surface area contributed by atoms with Crippen molar-refractivity contribution in [1.29, 1.82) is 0 Å². The number of thiocarbonyl (C=S) groups is 1. The van der Waals surface area contributed by atoms with Crippen LogP contribution >= 0.6 is 12.2 Å².